The third-order valence-electron chi connectivity index (χ3n) is 6.97. The average Bonchev–Trinajstić information content (AvgIpc) is 3.52. The summed E-state index contributed by atoms with van der Waals surface area (Å²) in [6.07, 6.45) is -0.999. The van der Waals surface area contributed by atoms with Crippen molar-refractivity contribution in [2.75, 3.05) is 44.8 Å². The molecule has 1 aromatic rings. The van der Waals surface area contributed by atoms with Crippen molar-refractivity contribution in [3.63, 3.8) is 0 Å². The van der Waals surface area contributed by atoms with Gasteiger partial charge in [-0.05, 0) is 49.3 Å². The smallest absolute Gasteiger partial charge is 0.384 e. The van der Waals surface area contributed by atoms with Crippen LogP contribution in [0.5, 0.6) is 0 Å². The topological polar surface area (TPSA) is 56.6 Å². The summed E-state index contributed by atoms with van der Waals surface area (Å²) in [4.78, 5) is 16.5. The Morgan fingerprint density at radius 1 is 1.30 bits per heavy atom. The molecule has 0 radical (unpaired) electrons. The molecule has 0 N–H and O–H groups in total. The molecule has 0 bridgehead atoms. The average molecular weight is 421 g/mol. The molecule has 162 valence electrons. The quantitative estimate of drug-likeness (QED) is 0.744. The van der Waals surface area contributed by atoms with Crippen molar-refractivity contribution in [2.45, 2.75) is 31.9 Å². The number of anilines is 1. The number of likely N-dealkylation sites (tertiary alicyclic amines) is 1. The third-order valence-corrected chi connectivity index (χ3v) is 6.97. The molecule has 4 rings (SSSR count). The van der Waals surface area contributed by atoms with Gasteiger partial charge in [0.2, 0.25) is 5.91 Å². The van der Waals surface area contributed by atoms with Crippen LogP contribution in [0.3, 0.4) is 0 Å². The summed E-state index contributed by atoms with van der Waals surface area (Å²) in [5.74, 6) is 0.680. The van der Waals surface area contributed by atoms with Crippen LogP contribution in [0.4, 0.5) is 18.9 Å². The number of nitrogens with zero attached hydrogens (tertiary/aromatic N) is 3. The number of hydrogen-bond donors (Lipinski definition) is 0. The van der Waals surface area contributed by atoms with Crippen molar-refractivity contribution >= 4 is 11.6 Å². The summed E-state index contributed by atoms with van der Waals surface area (Å²) < 4.78 is 45.4. The summed E-state index contributed by atoms with van der Waals surface area (Å²) in [5, 5.41) is 9.01. The van der Waals surface area contributed by atoms with Crippen molar-refractivity contribution in [1.82, 2.24) is 4.90 Å². The van der Waals surface area contributed by atoms with Crippen LogP contribution in [-0.4, -0.2) is 50.7 Å². The van der Waals surface area contributed by atoms with Crippen LogP contribution < -0.4 is 4.90 Å². The molecule has 1 aromatic carbocycles. The minimum Gasteiger partial charge on any atom is -0.384 e. The van der Waals surface area contributed by atoms with Gasteiger partial charge in [0.05, 0.1) is 23.8 Å². The fourth-order valence-electron chi connectivity index (χ4n) is 5.06. The van der Waals surface area contributed by atoms with Gasteiger partial charge in [-0.25, -0.2) is 0 Å². The Morgan fingerprint density at radius 2 is 2.00 bits per heavy atom. The van der Waals surface area contributed by atoms with Gasteiger partial charge in [0.25, 0.3) is 0 Å². The second-order valence-corrected chi connectivity index (χ2v) is 8.83. The first kappa shape index (κ1) is 21.0. The Kier molecular flexibility index (Phi) is 5.43. The third kappa shape index (κ3) is 3.87. The molecule has 8 heteroatoms. The van der Waals surface area contributed by atoms with Crippen molar-refractivity contribution in [3.8, 4) is 6.07 Å². The highest BCUT2D eigenvalue weighted by molar-refractivity contribution is 5.81. The van der Waals surface area contributed by atoms with E-state index in [0.717, 1.165) is 31.7 Å². The number of hydrogen-bond acceptors (Lipinski definition) is 4. The minimum absolute atomic E-state index is 0.0451. The molecular weight excluding hydrogens is 395 g/mol. The number of nitriles is 1. The lowest BCUT2D eigenvalue weighted by atomic mass is 9.71. The van der Waals surface area contributed by atoms with E-state index in [1.807, 2.05) is 9.80 Å². The maximum Gasteiger partial charge on any atom is 0.417 e. The first-order valence-electron chi connectivity index (χ1n) is 10.4. The lowest BCUT2D eigenvalue weighted by molar-refractivity contribution is -0.137. The van der Waals surface area contributed by atoms with Gasteiger partial charge in [0.1, 0.15) is 0 Å². The predicted molar refractivity (Wildman–Crippen MR) is 105 cm³/mol. The van der Waals surface area contributed by atoms with E-state index in [9.17, 15) is 18.0 Å². The number of rotatable bonds is 4. The molecule has 1 spiro atoms. The second-order valence-electron chi connectivity index (χ2n) is 8.83. The molecule has 30 heavy (non-hydrogen) atoms. The van der Waals surface area contributed by atoms with Crippen LogP contribution in [0.15, 0.2) is 18.2 Å². The number of methoxy groups -OCH3 is 1. The van der Waals surface area contributed by atoms with Gasteiger partial charge in [0, 0.05) is 50.8 Å². The monoisotopic (exact) mass is 421 g/mol. The van der Waals surface area contributed by atoms with Crippen LogP contribution in [-0.2, 0) is 15.7 Å². The Labute approximate surface area is 174 Å². The fourth-order valence-corrected chi connectivity index (χ4v) is 5.06. The molecular formula is C22H26F3N3O2. The summed E-state index contributed by atoms with van der Waals surface area (Å²) >= 11 is 0. The molecule has 2 saturated heterocycles. The van der Waals surface area contributed by atoms with Crippen LogP contribution >= 0.6 is 0 Å². The summed E-state index contributed by atoms with van der Waals surface area (Å²) in [6.45, 7) is 3.25. The van der Waals surface area contributed by atoms with Crippen molar-refractivity contribution < 1.29 is 22.7 Å². The summed E-state index contributed by atoms with van der Waals surface area (Å²) in [7, 11) is 1.67. The number of alkyl halides is 3. The van der Waals surface area contributed by atoms with Crippen molar-refractivity contribution in [3.05, 3.63) is 29.3 Å². The summed E-state index contributed by atoms with van der Waals surface area (Å²) in [5.41, 5.74) is -0.799. The number of halogens is 3. The molecule has 1 amide bonds. The molecule has 2 heterocycles. The zero-order valence-electron chi connectivity index (χ0n) is 17.0. The molecule has 1 unspecified atom stereocenters. The van der Waals surface area contributed by atoms with E-state index in [0.29, 0.717) is 38.5 Å². The Bertz CT molecular complexity index is 852. The Morgan fingerprint density at radius 3 is 2.57 bits per heavy atom. The van der Waals surface area contributed by atoms with Gasteiger partial charge in [0.15, 0.2) is 0 Å². The molecule has 3 fully saturated rings. The highest BCUT2D eigenvalue weighted by Gasteiger charge is 2.50. The second kappa shape index (κ2) is 7.77. The Hall–Kier alpha value is -2.27. The fraction of sp³-hybridized carbons (Fsp3) is 0.636. The zero-order chi connectivity index (χ0) is 21.5. The number of carbonyl (C=O) groups excluding carboxylic acids is 1. The molecule has 1 saturated carbocycles. The Balaban J connectivity index is 1.50. The maximum absolute atomic E-state index is 13.3. The molecule has 1 atom stereocenters. The maximum atomic E-state index is 13.3. The number of carbonyl (C=O) groups is 1. The molecule has 2 aliphatic heterocycles. The van der Waals surface area contributed by atoms with E-state index >= 15 is 0 Å². The van der Waals surface area contributed by atoms with E-state index in [2.05, 4.69) is 0 Å². The molecule has 3 aliphatic rings. The normalized spacial score (nSPS) is 23.6. The largest absolute Gasteiger partial charge is 0.417 e. The van der Waals surface area contributed by atoms with Crippen molar-refractivity contribution in [1.29, 1.82) is 5.26 Å². The van der Waals surface area contributed by atoms with E-state index in [1.165, 1.54) is 6.07 Å². The number of ether oxygens (including phenoxy) is 1. The first-order chi connectivity index (χ1) is 14.3. The predicted octanol–water partition coefficient (Wildman–Crippen LogP) is 3.68. The minimum atomic E-state index is -4.56. The van der Waals surface area contributed by atoms with Gasteiger partial charge < -0.3 is 14.5 Å². The van der Waals surface area contributed by atoms with Crippen LogP contribution in [0, 0.1) is 28.6 Å². The van der Waals surface area contributed by atoms with Gasteiger partial charge in [-0.15, -0.1) is 0 Å². The van der Waals surface area contributed by atoms with Gasteiger partial charge in [-0.3, -0.25) is 4.79 Å². The van der Waals surface area contributed by atoms with Crippen LogP contribution in [0.2, 0.25) is 0 Å². The van der Waals surface area contributed by atoms with Crippen LogP contribution in [0.25, 0.3) is 0 Å². The molecule has 5 nitrogen and oxygen atoms in total. The lowest BCUT2D eigenvalue weighted by Gasteiger charge is -2.43. The highest BCUT2D eigenvalue weighted by Crippen LogP contribution is 2.47. The summed E-state index contributed by atoms with van der Waals surface area (Å²) in [6, 6.07) is 5.56. The first-order valence-corrected chi connectivity index (χ1v) is 10.4. The highest BCUT2D eigenvalue weighted by atomic mass is 19.4. The number of benzene rings is 1. The lowest BCUT2D eigenvalue weighted by Crippen LogP contribution is -2.45. The number of piperidine rings is 1. The molecule has 1 aliphatic carbocycles. The van der Waals surface area contributed by atoms with Gasteiger partial charge in [-0.1, -0.05) is 0 Å². The molecule has 0 aromatic heterocycles. The van der Waals surface area contributed by atoms with Gasteiger partial charge in [-0.2, -0.15) is 18.4 Å². The van der Waals surface area contributed by atoms with E-state index in [1.54, 1.807) is 19.2 Å². The van der Waals surface area contributed by atoms with E-state index in [-0.39, 0.29) is 28.7 Å². The van der Waals surface area contributed by atoms with E-state index in [4.69, 9.17) is 10.00 Å². The number of amides is 1. The SMILES string of the molecule is COCC1CN(C(=O)C2CC2)CC12CCN(c1ccc(C#N)c(C(F)(F)F)c1)CC2. The van der Waals surface area contributed by atoms with Crippen molar-refractivity contribution in [2.24, 2.45) is 17.3 Å². The van der Waals surface area contributed by atoms with Crippen LogP contribution in [0.1, 0.15) is 36.8 Å². The van der Waals surface area contributed by atoms with E-state index < -0.39 is 11.7 Å². The van der Waals surface area contributed by atoms with Gasteiger partial charge >= 0.3 is 6.18 Å². The zero-order valence-corrected chi connectivity index (χ0v) is 17.0. The standard InChI is InChI=1S/C22H26F3N3O2/c1-30-13-17-12-28(20(29)15-2-3-15)14-21(17)6-8-27(9-7-21)18-5-4-16(11-26)19(10-18)22(23,24)25/h4-5,10,15,17H,2-3,6-9,12-14H2,1H3.